The van der Waals surface area contributed by atoms with Gasteiger partial charge in [0, 0.05) is 24.7 Å². The van der Waals surface area contributed by atoms with E-state index in [4.69, 9.17) is 0 Å². The molecule has 5 heteroatoms. The maximum absolute atomic E-state index is 14.3. The second-order valence-electron chi connectivity index (χ2n) is 6.43. The topological polar surface area (TPSA) is 44.4 Å². The molecule has 21 heavy (non-hydrogen) atoms. The van der Waals surface area contributed by atoms with Crippen LogP contribution in [0, 0.1) is 11.7 Å². The molecule has 3 fully saturated rings. The molecule has 4 heterocycles. The van der Waals surface area contributed by atoms with Crippen molar-refractivity contribution >= 4 is 17.3 Å². The minimum absolute atomic E-state index is 0.0166. The standard InChI is InChI=1S/C16H20FN3O/c17-12-7-11-1-2-16(21)19-13(11)8-14(12)18-15-9-20-5-3-10(15)4-6-20/h7-8,10,15,18H,1-6,9H2,(H,19,21). The summed E-state index contributed by atoms with van der Waals surface area (Å²) in [6.45, 7) is 3.34. The minimum atomic E-state index is -0.207. The number of hydrogen-bond acceptors (Lipinski definition) is 3. The number of nitrogens with zero attached hydrogens (tertiary/aromatic N) is 1. The maximum atomic E-state index is 14.3. The molecule has 3 saturated heterocycles. The van der Waals surface area contributed by atoms with Gasteiger partial charge in [0.25, 0.3) is 0 Å². The molecule has 0 aromatic heterocycles. The number of anilines is 2. The third kappa shape index (κ3) is 2.39. The number of aryl methyl sites for hydroxylation is 1. The van der Waals surface area contributed by atoms with Crippen LogP contribution in [-0.2, 0) is 11.2 Å². The molecule has 1 amide bonds. The largest absolute Gasteiger partial charge is 0.378 e. The Kier molecular flexibility index (Phi) is 3.10. The van der Waals surface area contributed by atoms with Crippen LogP contribution in [0.15, 0.2) is 12.1 Å². The predicted octanol–water partition coefficient (Wildman–Crippen LogP) is 2.22. The zero-order valence-electron chi connectivity index (χ0n) is 12.0. The van der Waals surface area contributed by atoms with Gasteiger partial charge in [-0.2, -0.15) is 0 Å². The monoisotopic (exact) mass is 289 g/mol. The van der Waals surface area contributed by atoms with Crippen LogP contribution in [0.25, 0.3) is 0 Å². The Bertz CT molecular complexity index is 581. The molecule has 112 valence electrons. The fraction of sp³-hybridized carbons (Fsp3) is 0.562. The second kappa shape index (κ2) is 4.98. The summed E-state index contributed by atoms with van der Waals surface area (Å²) in [5.74, 6) is 0.448. The number of amides is 1. The first-order chi connectivity index (χ1) is 10.2. The maximum Gasteiger partial charge on any atom is 0.224 e. The number of piperidine rings is 3. The molecule has 0 aliphatic carbocycles. The van der Waals surface area contributed by atoms with Gasteiger partial charge < -0.3 is 15.5 Å². The molecule has 2 bridgehead atoms. The molecule has 4 nitrogen and oxygen atoms in total. The second-order valence-corrected chi connectivity index (χ2v) is 6.43. The van der Waals surface area contributed by atoms with Gasteiger partial charge in [-0.15, -0.1) is 0 Å². The molecule has 0 saturated carbocycles. The van der Waals surface area contributed by atoms with E-state index < -0.39 is 0 Å². The first-order valence-electron chi connectivity index (χ1n) is 7.80. The quantitative estimate of drug-likeness (QED) is 0.877. The summed E-state index contributed by atoms with van der Waals surface area (Å²) in [4.78, 5) is 13.9. The van der Waals surface area contributed by atoms with E-state index >= 15 is 0 Å². The van der Waals surface area contributed by atoms with Crippen molar-refractivity contribution in [3.05, 3.63) is 23.5 Å². The van der Waals surface area contributed by atoms with Gasteiger partial charge in [-0.25, -0.2) is 4.39 Å². The fourth-order valence-electron chi connectivity index (χ4n) is 3.84. The highest BCUT2D eigenvalue weighted by atomic mass is 19.1. The lowest BCUT2D eigenvalue weighted by Gasteiger charge is -2.45. The lowest BCUT2D eigenvalue weighted by Crippen LogP contribution is -2.53. The summed E-state index contributed by atoms with van der Waals surface area (Å²) < 4.78 is 14.3. The van der Waals surface area contributed by atoms with Crippen LogP contribution in [0.2, 0.25) is 0 Å². The highest BCUT2D eigenvalue weighted by Crippen LogP contribution is 2.33. The number of carbonyl (C=O) groups is 1. The average molecular weight is 289 g/mol. The lowest BCUT2D eigenvalue weighted by molar-refractivity contribution is -0.116. The Labute approximate surface area is 123 Å². The predicted molar refractivity (Wildman–Crippen MR) is 79.9 cm³/mol. The van der Waals surface area contributed by atoms with Crippen LogP contribution in [0.4, 0.5) is 15.8 Å². The van der Waals surface area contributed by atoms with E-state index in [-0.39, 0.29) is 11.7 Å². The Balaban J connectivity index is 1.57. The number of rotatable bonds is 2. The van der Waals surface area contributed by atoms with E-state index in [0.717, 1.165) is 17.8 Å². The fourth-order valence-corrected chi connectivity index (χ4v) is 3.84. The molecule has 1 aromatic carbocycles. The molecule has 2 N–H and O–H groups in total. The van der Waals surface area contributed by atoms with Gasteiger partial charge in [-0.05, 0) is 56.0 Å². The normalized spacial score (nSPS) is 30.7. The number of fused-ring (bicyclic) bond motifs is 4. The third-order valence-corrected chi connectivity index (χ3v) is 5.09. The molecular formula is C16H20FN3O. The lowest BCUT2D eigenvalue weighted by atomic mass is 9.84. The molecule has 5 rings (SSSR count). The number of nitrogens with one attached hydrogen (secondary N) is 2. The van der Waals surface area contributed by atoms with Crippen molar-refractivity contribution < 1.29 is 9.18 Å². The van der Waals surface area contributed by atoms with Gasteiger partial charge in [-0.1, -0.05) is 0 Å². The molecule has 4 aliphatic heterocycles. The number of carbonyl (C=O) groups excluding carboxylic acids is 1. The first kappa shape index (κ1) is 13.1. The Morgan fingerprint density at radius 3 is 2.76 bits per heavy atom. The Hall–Kier alpha value is -1.62. The Morgan fingerprint density at radius 2 is 2.05 bits per heavy atom. The van der Waals surface area contributed by atoms with Gasteiger partial charge in [0.2, 0.25) is 5.91 Å². The van der Waals surface area contributed by atoms with Gasteiger partial charge in [0.15, 0.2) is 0 Å². The van der Waals surface area contributed by atoms with Crippen molar-refractivity contribution in [2.45, 2.75) is 31.7 Å². The van der Waals surface area contributed by atoms with E-state index in [1.807, 2.05) is 0 Å². The molecule has 4 aliphatic rings. The molecule has 1 aromatic rings. The van der Waals surface area contributed by atoms with Crippen LogP contribution in [0.5, 0.6) is 0 Å². The van der Waals surface area contributed by atoms with Crippen molar-refractivity contribution in [2.75, 3.05) is 30.3 Å². The van der Waals surface area contributed by atoms with Crippen molar-refractivity contribution in [3.63, 3.8) is 0 Å². The van der Waals surface area contributed by atoms with Crippen molar-refractivity contribution in [3.8, 4) is 0 Å². The van der Waals surface area contributed by atoms with Gasteiger partial charge in [0.1, 0.15) is 5.82 Å². The van der Waals surface area contributed by atoms with Crippen molar-refractivity contribution in [1.82, 2.24) is 4.90 Å². The van der Waals surface area contributed by atoms with Gasteiger partial charge >= 0.3 is 0 Å². The average Bonchev–Trinajstić information content (AvgIpc) is 2.50. The summed E-state index contributed by atoms with van der Waals surface area (Å²) in [5.41, 5.74) is 2.18. The summed E-state index contributed by atoms with van der Waals surface area (Å²) in [7, 11) is 0. The highest BCUT2D eigenvalue weighted by molar-refractivity contribution is 5.94. The van der Waals surface area contributed by atoms with E-state index in [2.05, 4.69) is 15.5 Å². The molecular weight excluding hydrogens is 269 g/mol. The SMILES string of the molecule is O=C1CCc2cc(F)c(NC3CN4CCC3CC4)cc2N1. The third-order valence-electron chi connectivity index (χ3n) is 5.09. The van der Waals surface area contributed by atoms with Crippen molar-refractivity contribution in [2.24, 2.45) is 5.92 Å². The van der Waals surface area contributed by atoms with E-state index in [9.17, 15) is 9.18 Å². The summed E-state index contributed by atoms with van der Waals surface area (Å²) in [6.07, 6.45) is 3.46. The van der Waals surface area contributed by atoms with E-state index in [0.29, 0.717) is 30.5 Å². The number of hydrogen-bond donors (Lipinski definition) is 2. The van der Waals surface area contributed by atoms with E-state index in [1.54, 1.807) is 12.1 Å². The van der Waals surface area contributed by atoms with Crippen molar-refractivity contribution in [1.29, 1.82) is 0 Å². The molecule has 0 spiro atoms. The molecule has 0 radical (unpaired) electrons. The molecule has 1 unspecified atom stereocenters. The van der Waals surface area contributed by atoms with Crippen LogP contribution in [0.1, 0.15) is 24.8 Å². The summed E-state index contributed by atoms with van der Waals surface area (Å²) in [6, 6.07) is 3.65. The van der Waals surface area contributed by atoms with E-state index in [1.165, 1.54) is 25.9 Å². The minimum Gasteiger partial charge on any atom is -0.378 e. The smallest absolute Gasteiger partial charge is 0.224 e. The van der Waals surface area contributed by atoms with Crippen LogP contribution in [-0.4, -0.2) is 36.5 Å². The van der Waals surface area contributed by atoms with Gasteiger partial charge in [0.05, 0.1) is 5.69 Å². The van der Waals surface area contributed by atoms with Crippen LogP contribution >= 0.6 is 0 Å². The summed E-state index contributed by atoms with van der Waals surface area (Å²) in [5, 5.41) is 6.22. The van der Waals surface area contributed by atoms with Crippen LogP contribution in [0.3, 0.4) is 0 Å². The molecule has 1 atom stereocenters. The van der Waals surface area contributed by atoms with Crippen LogP contribution < -0.4 is 10.6 Å². The summed E-state index contributed by atoms with van der Waals surface area (Å²) >= 11 is 0. The zero-order chi connectivity index (χ0) is 14.4. The Morgan fingerprint density at radius 1 is 1.24 bits per heavy atom. The highest BCUT2D eigenvalue weighted by Gasteiger charge is 2.34. The first-order valence-corrected chi connectivity index (χ1v) is 7.80. The number of benzene rings is 1. The number of halogens is 1. The zero-order valence-corrected chi connectivity index (χ0v) is 12.0. The van der Waals surface area contributed by atoms with Gasteiger partial charge in [-0.3, -0.25) is 4.79 Å².